The number of nitrogens with zero attached hydrogens (tertiary/aromatic N) is 1. The van der Waals surface area contributed by atoms with Crippen molar-refractivity contribution in [2.24, 2.45) is 10.1 Å². The summed E-state index contributed by atoms with van der Waals surface area (Å²) in [5, 5.41) is 16.4. The highest BCUT2D eigenvalue weighted by molar-refractivity contribution is 7.89. The molecule has 0 atom stereocenters. The van der Waals surface area contributed by atoms with Crippen molar-refractivity contribution in [2.75, 3.05) is 0 Å². The second-order valence-electron chi connectivity index (χ2n) is 7.74. The molecule has 0 saturated carbocycles. The molecule has 8 nitrogen and oxygen atoms in total. The van der Waals surface area contributed by atoms with Crippen LogP contribution < -0.4 is 10.7 Å². The molecule has 34 heavy (non-hydrogen) atoms. The number of primary sulfonamides is 1. The third-order valence-electron chi connectivity index (χ3n) is 5.40. The molecule has 9 heteroatoms. The molecule has 0 unspecified atom stereocenters. The molecule has 1 heterocycles. The number of fused-ring (bicyclic) bond motifs is 1. The number of aromatic hydroxyl groups is 1. The van der Waals surface area contributed by atoms with Gasteiger partial charge in [0, 0.05) is 22.6 Å². The van der Waals surface area contributed by atoms with Gasteiger partial charge in [0.1, 0.15) is 0 Å². The fourth-order valence-corrected chi connectivity index (χ4v) is 4.22. The SMILES string of the molecule is CC(=O)c1ccccc1-c1ccc2c(=O)[nH]c(O)c(C=NCc3ccc(S(N)(=O)=O)cc3)c2c1. The minimum absolute atomic E-state index is 0.00266. The van der Waals surface area contributed by atoms with Crippen molar-refractivity contribution in [1.29, 1.82) is 0 Å². The molecule has 0 saturated heterocycles. The van der Waals surface area contributed by atoms with Gasteiger partial charge in [0.2, 0.25) is 15.9 Å². The maximum Gasteiger partial charge on any atom is 0.258 e. The fourth-order valence-electron chi connectivity index (χ4n) is 3.70. The van der Waals surface area contributed by atoms with E-state index in [0.29, 0.717) is 21.9 Å². The Kier molecular flexibility index (Phi) is 6.14. The predicted octanol–water partition coefficient (Wildman–Crippen LogP) is 3.37. The summed E-state index contributed by atoms with van der Waals surface area (Å²) in [6.07, 6.45) is 1.45. The lowest BCUT2D eigenvalue weighted by atomic mass is 9.95. The van der Waals surface area contributed by atoms with Gasteiger partial charge in [-0.15, -0.1) is 0 Å². The molecule has 4 N–H and O–H groups in total. The zero-order valence-electron chi connectivity index (χ0n) is 18.1. The van der Waals surface area contributed by atoms with Gasteiger partial charge in [0.15, 0.2) is 5.78 Å². The van der Waals surface area contributed by atoms with Crippen molar-refractivity contribution in [1.82, 2.24) is 4.98 Å². The first-order chi connectivity index (χ1) is 16.1. The van der Waals surface area contributed by atoms with E-state index in [-0.39, 0.29) is 23.1 Å². The number of Topliss-reactive ketones (excluding diaryl/α,β-unsaturated/α-hetero) is 1. The molecule has 1 aromatic heterocycles. The Bertz CT molecular complexity index is 1600. The van der Waals surface area contributed by atoms with E-state index in [1.165, 1.54) is 25.3 Å². The van der Waals surface area contributed by atoms with Crippen LogP contribution in [0.3, 0.4) is 0 Å². The number of pyridine rings is 1. The van der Waals surface area contributed by atoms with Gasteiger partial charge in [-0.05, 0) is 47.9 Å². The van der Waals surface area contributed by atoms with Crippen molar-refractivity contribution >= 4 is 32.8 Å². The minimum Gasteiger partial charge on any atom is -0.494 e. The van der Waals surface area contributed by atoms with Crippen molar-refractivity contribution in [3.05, 3.63) is 93.8 Å². The van der Waals surface area contributed by atoms with Crippen LogP contribution >= 0.6 is 0 Å². The van der Waals surface area contributed by atoms with Gasteiger partial charge in [-0.25, -0.2) is 13.6 Å². The summed E-state index contributed by atoms with van der Waals surface area (Å²) in [6, 6.07) is 18.3. The van der Waals surface area contributed by atoms with Crippen molar-refractivity contribution in [3.8, 4) is 17.0 Å². The smallest absolute Gasteiger partial charge is 0.258 e. The number of hydrogen-bond donors (Lipinski definition) is 3. The first-order valence-corrected chi connectivity index (χ1v) is 11.8. The lowest BCUT2D eigenvalue weighted by Crippen LogP contribution is -2.11. The molecule has 0 amide bonds. The maximum atomic E-state index is 12.4. The van der Waals surface area contributed by atoms with E-state index in [9.17, 15) is 23.1 Å². The van der Waals surface area contributed by atoms with E-state index in [2.05, 4.69) is 9.98 Å². The number of H-pyrrole nitrogens is 1. The van der Waals surface area contributed by atoms with Crippen LogP contribution in [0.5, 0.6) is 5.88 Å². The highest BCUT2D eigenvalue weighted by Crippen LogP contribution is 2.29. The van der Waals surface area contributed by atoms with Gasteiger partial charge in [-0.3, -0.25) is 19.6 Å². The Morgan fingerprint density at radius 3 is 2.44 bits per heavy atom. The number of nitrogens with two attached hydrogens (primary N) is 1. The van der Waals surface area contributed by atoms with E-state index in [0.717, 1.165) is 16.7 Å². The Hall–Kier alpha value is -4.08. The molecule has 0 spiro atoms. The summed E-state index contributed by atoms with van der Waals surface area (Å²) in [7, 11) is -3.78. The largest absolute Gasteiger partial charge is 0.494 e. The van der Waals surface area contributed by atoms with Gasteiger partial charge < -0.3 is 5.11 Å². The summed E-state index contributed by atoms with van der Waals surface area (Å²) in [4.78, 5) is 31.3. The predicted molar refractivity (Wildman–Crippen MR) is 131 cm³/mol. The van der Waals surface area contributed by atoms with Gasteiger partial charge in [0.05, 0.1) is 17.0 Å². The zero-order chi connectivity index (χ0) is 24.5. The van der Waals surface area contributed by atoms with Crippen LogP contribution in [0.15, 0.2) is 81.4 Å². The summed E-state index contributed by atoms with van der Waals surface area (Å²) in [5.74, 6) is -0.414. The Labute approximate surface area is 195 Å². The average Bonchev–Trinajstić information content (AvgIpc) is 2.80. The Balaban J connectivity index is 1.75. The average molecular weight is 476 g/mol. The van der Waals surface area contributed by atoms with Crippen molar-refractivity contribution < 1.29 is 18.3 Å². The standard InChI is InChI=1S/C25H21N3O5S/c1-15(29)19-4-2-3-5-20(19)17-8-11-21-22(12-17)23(25(31)28-24(21)30)14-27-13-16-6-9-18(10-7-16)34(26,32)33/h2-12,14H,13H2,1H3,(H2,26,32,33)(H2,28,30,31). The van der Waals surface area contributed by atoms with Crippen molar-refractivity contribution in [2.45, 2.75) is 18.4 Å². The second-order valence-corrected chi connectivity index (χ2v) is 9.30. The second kappa shape index (κ2) is 9.05. The van der Waals surface area contributed by atoms with Crippen molar-refractivity contribution in [3.63, 3.8) is 0 Å². The number of hydrogen-bond acceptors (Lipinski definition) is 6. The van der Waals surface area contributed by atoms with Crippen LogP contribution in [0.4, 0.5) is 0 Å². The number of nitrogens with one attached hydrogen (secondary N) is 1. The van der Waals surface area contributed by atoms with Gasteiger partial charge in [0.25, 0.3) is 5.56 Å². The van der Waals surface area contributed by atoms with Crippen LogP contribution in [0, 0.1) is 0 Å². The third-order valence-corrected chi connectivity index (χ3v) is 6.33. The quantitative estimate of drug-likeness (QED) is 0.289. The monoisotopic (exact) mass is 475 g/mol. The number of carbonyl (C=O) groups excluding carboxylic acids is 1. The molecule has 0 aliphatic rings. The van der Waals surface area contributed by atoms with Gasteiger partial charge in [-0.1, -0.05) is 42.5 Å². The molecule has 0 aliphatic heterocycles. The van der Waals surface area contributed by atoms with E-state index in [1.807, 2.05) is 12.1 Å². The Morgan fingerprint density at radius 1 is 1.06 bits per heavy atom. The molecule has 3 aromatic carbocycles. The molecule has 0 radical (unpaired) electrons. The lowest BCUT2D eigenvalue weighted by molar-refractivity contribution is 0.101. The fraction of sp³-hybridized carbons (Fsp3) is 0.0800. The molecular formula is C25H21N3O5S. The minimum atomic E-state index is -3.78. The van der Waals surface area contributed by atoms with Crippen LogP contribution in [-0.2, 0) is 16.6 Å². The molecule has 0 bridgehead atoms. The number of ketones is 1. The van der Waals surface area contributed by atoms with Crippen LogP contribution in [0.1, 0.15) is 28.4 Å². The molecule has 0 aliphatic carbocycles. The molecular weight excluding hydrogens is 454 g/mol. The highest BCUT2D eigenvalue weighted by atomic mass is 32.2. The number of carbonyl (C=O) groups is 1. The zero-order valence-corrected chi connectivity index (χ0v) is 19.0. The van der Waals surface area contributed by atoms with E-state index < -0.39 is 15.6 Å². The van der Waals surface area contributed by atoms with Crippen LogP contribution in [0.25, 0.3) is 21.9 Å². The normalized spacial score (nSPS) is 11.8. The van der Waals surface area contributed by atoms with Crippen LogP contribution in [-0.4, -0.2) is 30.5 Å². The first-order valence-electron chi connectivity index (χ1n) is 10.3. The summed E-state index contributed by atoms with van der Waals surface area (Å²) < 4.78 is 22.8. The number of aliphatic imine (C=N–C) groups is 1. The summed E-state index contributed by atoms with van der Waals surface area (Å²) >= 11 is 0. The summed E-state index contributed by atoms with van der Waals surface area (Å²) in [5.41, 5.74) is 2.58. The first kappa shape index (κ1) is 23.1. The number of aromatic amines is 1. The molecule has 4 aromatic rings. The lowest BCUT2D eigenvalue weighted by Gasteiger charge is -2.10. The number of benzene rings is 3. The number of sulfonamides is 1. The highest BCUT2D eigenvalue weighted by Gasteiger charge is 2.14. The van der Waals surface area contributed by atoms with Gasteiger partial charge in [-0.2, -0.15) is 0 Å². The Morgan fingerprint density at radius 2 is 1.76 bits per heavy atom. The molecule has 4 rings (SSSR count). The van der Waals surface area contributed by atoms with Crippen LogP contribution in [0.2, 0.25) is 0 Å². The molecule has 172 valence electrons. The number of aromatic nitrogens is 1. The summed E-state index contributed by atoms with van der Waals surface area (Å²) in [6.45, 7) is 1.70. The molecule has 0 fully saturated rings. The third kappa shape index (κ3) is 4.66. The number of rotatable bonds is 6. The van der Waals surface area contributed by atoms with E-state index in [4.69, 9.17) is 5.14 Å². The van der Waals surface area contributed by atoms with E-state index >= 15 is 0 Å². The van der Waals surface area contributed by atoms with E-state index in [1.54, 1.807) is 42.5 Å². The maximum absolute atomic E-state index is 12.4. The van der Waals surface area contributed by atoms with Gasteiger partial charge >= 0.3 is 0 Å². The topological polar surface area (TPSA) is 143 Å².